The van der Waals surface area contributed by atoms with Gasteiger partial charge in [0.15, 0.2) is 4.77 Å². The normalized spacial score (nSPS) is 13.4. The van der Waals surface area contributed by atoms with Crippen molar-refractivity contribution in [1.82, 2.24) is 9.55 Å². The summed E-state index contributed by atoms with van der Waals surface area (Å²) in [5, 5.41) is 1.11. The van der Waals surface area contributed by atoms with E-state index in [1.165, 1.54) is 0 Å². The van der Waals surface area contributed by atoms with Crippen molar-refractivity contribution in [2.45, 2.75) is 39.7 Å². The van der Waals surface area contributed by atoms with Gasteiger partial charge in [0.25, 0.3) is 0 Å². The monoisotopic (exact) mass is 316 g/mol. The van der Waals surface area contributed by atoms with Gasteiger partial charge in [-0.15, -0.1) is 0 Å². The molecule has 0 saturated heterocycles. The molecule has 1 heterocycles. The quantitative estimate of drug-likeness (QED) is 0.686. The van der Waals surface area contributed by atoms with Gasteiger partial charge in [-0.1, -0.05) is 49.9 Å². The molecule has 0 aliphatic rings. The fourth-order valence-electron chi connectivity index (χ4n) is 2.71. The lowest BCUT2D eigenvalue weighted by molar-refractivity contribution is 0.337. The second-order valence-corrected chi connectivity index (χ2v) is 6.10. The third kappa shape index (κ3) is 2.69. The number of rotatable bonds is 4. The number of imidazole rings is 1. The van der Waals surface area contributed by atoms with Gasteiger partial charge in [0.2, 0.25) is 0 Å². The van der Waals surface area contributed by atoms with E-state index in [0.717, 1.165) is 28.6 Å². The van der Waals surface area contributed by atoms with Gasteiger partial charge >= 0.3 is 0 Å². The highest BCUT2D eigenvalue weighted by molar-refractivity contribution is 7.71. The van der Waals surface area contributed by atoms with Crippen molar-refractivity contribution in [1.29, 1.82) is 0 Å². The first-order valence-corrected chi connectivity index (χ1v) is 7.75. The Balaban J connectivity index is 2.63. The van der Waals surface area contributed by atoms with Crippen LogP contribution in [0.4, 0.5) is 0 Å². The highest BCUT2D eigenvalue weighted by Crippen LogP contribution is 2.32. The van der Waals surface area contributed by atoms with Gasteiger partial charge in [-0.3, -0.25) is 0 Å². The summed E-state index contributed by atoms with van der Waals surface area (Å²) in [7, 11) is 0. The fraction of sp³-hybridized carbons (Fsp3) is 0.500. The first-order valence-electron chi connectivity index (χ1n) is 6.58. The van der Waals surface area contributed by atoms with Gasteiger partial charge in [0, 0.05) is 6.04 Å². The molecule has 19 heavy (non-hydrogen) atoms. The van der Waals surface area contributed by atoms with Crippen LogP contribution in [-0.2, 0) is 0 Å². The molecular weight excluding hydrogens is 299 g/mol. The standard InChI is InChI=1S/C14H18Cl2N2S/c1-4-9(5-2)8(3)18-13-7-11(16)10(15)6-12(13)17-14(18)19/h6-9H,4-5H2,1-3H3,(H,17,19). The maximum atomic E-state index is 6.13. The Bertz CT molecular complexity index is 641. The third-order valence-electron chi connectivity index (χ3n) is 3.90. The number of aromatic nitrogens is 2. The van der Waals surface area contributed by atoms with Crippen molar-refractivity contribution < 1.29 is 0 Å². The van der Waals surface area contributed by atoms with E-state index in [-0.39, 0.29) is 0 Å². The van der Waals surface area contributed by atoms with E-state index in [4.69, 9.17) is 35.4 Å². The predicted molar refractivity (Wildman–Crippen MR) is 85.9 cm³/mol. The molecule has 0 amide bonds. The Kier molecular flexibility index (Phi) is 4.59. The van der Waals surface area contributed by atoms with E-state index in [2.05, 4.69) is 30.3 Å². The second kappa shape index (κ2) is 5.86. The molecule has 2 rings (SSSR count). The molecular formula is C14H18Cl2N2S. The van der Waals surface area contributed by atoms with Crippen LogP contribution in [0.3, 0.4) is 0 Å². The molecule has 0 spiro atoms. The van der Waals surface area contributed by atoms with Crippen LogP contribution in [0.1, 0.15) is 39.7 Å². The van der Waals surface area contributed by atoms with E-state index in [1.807, 2.05) is 12.1 Å². The summed E-state index contributed by atoms with van der Waals surface area (Å²) in [5.74, 6) is 0.597. The first kappa shape index (κ1) is 14.9. The minimum absolute atomic E-state index is 0.341. The molecule has 0 radical (unpaired) electrons. The van der Waals surface area contributed by atoms with Gasteiger partial charge in [-0.25, -0.2) is 0 Å². The van der Waals surface area contributed by atoms with Crippen molar-refractivity contribution in [2.75, 3.05) is 0 Å². The highest BCUT2D eigenvalue weighted by atomic mass is 35.5. The lowest BCUT2D eigenvalue weighted by atomic mass is 9.95. The second-order valence-electron chi connectivity index (χ2n) is 4.90. The van der Waals surface area contributed by atoms with Crippen LogP contribution in [0.2, 0.25) is 10.0 Å². The maximum Gasteiger partial charge on any atom is 0.178 e. The first-order chi connectivity index (χ1) is 8.99. The van der Waals surface area contributed by atoms with Gasteiger partial charge in [-0.2, -0.15) is 0 Å². The molecule has 1 aromatic carbocycles. The zero-order valence-corrected chi connectivity index (χ0v) is 13.7. The van der Waals surface area contributed by atoms with Crippen LogP contribution >= 0.6 is 35.4 Å². The molecule has 104 valence electrons. The number of H-pyrrole nitrogens is 1. The maximum absolute atomic E-state index is 6.13. The molecule has 2 nitrogen and oxygen atoms in total. The fourth-order valence-corrected chi connectivity index (χ4v) is 3.40. The molecule has 0 fully saturated rings. The lowest BCUT2D eigenvalue weighted by Gasteiger charge is -2.23. The van der Waals surface area contributed by atoms with Crippen LogP contribution in [0.15, 0.2) is 12.1 Å². The van der Waals surface area contributed by atoms with Crippen molar-refractivity contribution in [3.05, 3.63) is 26.9 Å². The number of halogens is 2. The number of hydrogen-bond donors (Lipinski definition) is 1. The van der Waals surface area contributed by atoms with E-state index in [1.54, 1.807) is 0 Å². The highest BCUT2D eigenvalue weighted by Gasteiger charge is 2.19. The molecule has 5 heteroatoms. The van der Waals surface area contributed by atoms with Crippen LogP contribution < -0.4 is 0 Å². The largest absolute Gasteiger partial charge is 0.331 e. The average molecular weight is 317 g/mol. The van der Waals surface area contributed by atoms with E-state index in [9.17, 15) is 0 Å². The minimum Gasteiger partial charge on any atom is -0.331 e. The summed E-state index contributed by atoms with van der Waals surface area (Å²) in [5.41, 5.74) is 1.97. The van der Waals surface area contributed by atoms with Gasteiger partial charge in [-0.05, 0) is 37.2 Å². The molecule has 0 saturated carbocycles. The number of nitrogens with zero attached hydrogens (tertiary/aromatic N) is 1. The Labute approximate surface area is 128 Å². The summed E-state index contributed by atoms with van der Waals surface area (Å²) in [6.45, 7) is 6.64. The van der Waals surface area contributed by atoms with E-state index < -0.39 is 0 Å². The summed E-state index contributed by atoms with van der Waals surface area (Å²) >= 11 is 17.6. The predicted octanol–water partition coefficient (Wildman–Crippen LogP) is 6.00. The van der Waals surface area contributed by atoms with Crippen molar-refractivity contribution in [3.63, 3.8) is 0 Å². The third-order valence-corrected chi connectivity index (χ3v) is 4.92. The van der Waals surface area contributed by atoms with Crippen molar-refractivity contribution in [3.8, 4) is 0 Å². The number of aromatic amines is 1. The van der Waals surface area contributed by atoms with E-state index >= 15 is 0 Å². The number of fused-ring (bicyclic) bond motifs is 1. The number of benzene rings is 1. The summed E-state index contributed by atoms with van der Waals surface area (Å²) in [4.78, 5) is 3.21. The smallest absolute Gasteiger partial charge is 0.178 e. The Morgan fingerprint density at radius 2 is 1.79 bits per heavy atom. The molecule has 0 aliphatic carbocycles. The van der Waals surface area contributed by atoms with Crippen molar-refractivity contribution >= 4 is 46.5 Å². The van der Waals surface area contributed by atoms with Crippen molar-refractivity contribution in [2.24, 2.45) is 5.92 Å². The van der Waals surface area contributed by atoms with Gasteiger partial charge < -0.3 is 9.55 Å². The summed E-state index contributed by atoms with van der Waals surface area (Å²) in [6, 6.07) is 4.07. The summed E-state index contributed by atoms with van der Waals surface area (Å²) < 4.78 is 2.89. The molecule has 0 aliphatic heterocycles. The minimum atomic E-state index is 0.341. The summed E-state index contributed by atoms with van der Waals surface area (Å²) in [6.07, 6.45) is 2.26. The Hall–Kier alpha value is -0.510. The topological polar surface area (TPSA) is 20.7 Å². The van der Waals surface area contributed by atoms with Gasteiger partial charge in [0.05, 0.1) is 21.1 Å². The van der Waals surface area contributed by atoms with Crippen LogP contribution in [-0.4, -0.2) is 9.55 Å². The Morgan fingerprint density at radius 1 is 1.21 bits per heavy atom. The Morgan fingerprint density at radius 3 is 2.37 bits per heavy atom. The molecule has 1 atom stereocenters. The molecule has 0 bridgehead atoms. The zero-order chi connectivity index (χ0) is 14.2. The lowest BCUT2D eigenvalue weighted by Crippen LogP contribution is -2.15. The molecule has 1 N–H and O–H groups in total. The van der Waals surface area contributed by atoms with Gasteiger partial charge in [0.1, 0.15) is 0 Å². The zero-order valence-electron chi connectivity index (χ0n) is 11.3. The molecule has 1 unspecified atom stereocenters. The molecule has 2 aromatic rings. The number of hydrogen-bond acceptors (Lipinski definition) is 1. The van der Waals surface area contributed by atoms with E-state index in [0.29, 0.717) is 22.0 Å². The van der Waals surface area contributed by atoms with Crippen LogP contribution in [0, 0.1) is 10.7 Å². The number of nitrogens with one attached hydrogen (secondary N) is 1. The SMILES string of the molecule is CCC(CC)C(C)n1c(=S)[nH]c2cc(Cl)c(Cl)cc21. The van der Waals surface area contributed by atoms with Crippen LogP contribution in [0.25, 0.3) is 11.0 Å². The average Bonchev–Trinajstić information content (AvgIpc) is 2.66. The van der Waals surface area contributed by atoms with Crippen LogP contribution in [0.5, 0.6) is 0 Å². The molecule has 1 aromatic heterocycles.